The Morgan fingerprint density at radius 1 is 1.11 bits per heavy atom. The number of likely N-dealkylation sites (tertiary alicyclic amines) is 1. The van der Waals surface area contributed by atoms with Gasteiger partial charge in [0, 0.05) is 60.5 Å². The molecule has 144 valence electrons. The zero-order valence-electron chi connectivity index (χ0n) is 16.0. The van der Waals surface area contributed by atoms with Crippen molar-refractivity contribution in [2.75, 3.05) is 37.8 Å². The number of anilines is 2. The number of piperidine rings is 1. The Morgan fingerprint density at radius 3 is 2.79 bits per heavy atom. The lowest BCUT2D eigenvalue weighted by atomic mass is 10.1. The van der Waals surface area contributed by atoms with E-state index >= 15 is 0 Å². The highest BCUT2D eigenvalue weighted by molar-refractivity contribution is 5.99. The summed E-state index contributed by atoms with van der Waals surface area (Å²) in [5.74, 6) is 3.61. The molecular weight excluding hydrogens is 350 g/mol. The second-order valence-electron chi connectivity index (χ2n) is 7.98. The molecule has 0 amide bonds. The molecule has 3 atom stereocenters. The molecule has 2 aromatic heterocycles. The number of rotatable bonds is 6. The maximum absolute atomic E-state index is 6.00. The van der Waals surface area contributed by atoms with Crippen molar-refractivity contribution < 1.29 is 4.74 Å². The zero-order valence-corrected chi connectivity index (χ0v) is 16.0. The highest BCUT2D eigenvalue weighted by atomic mass is 16.5. The van der Waals surface area contributed by atoms with Gasteiger partial charge in [0.2, 0.25) is 5.88 Å². The molecule has 6 heteroatoms. The molecule has 3 aromatic rings. The molecule has 1 aliphatic heterocycles. The summed E-state index contributed by atoms with van der Waals surface area (Å²) in [5, 5.41) is 5.54. The molecule has 1 aromatic carbocycles. The lowest BCUT2D eigenvalue weighted by Gasteiger charge is -2.14. The highest BCUT2D eigenvalue weighted by Gasteiger charge is 2.54. The van der Waals surface area contributed by atoms with Crippen LogP contribution in [-0.4, -0.2) is 41.6 Å². The lowest BCUT2D eigenvalue weighted by molar-refractivity contribution is 0.246. The number of nitrogen functional groups attached to an aromatic ring is 1. The fraction of sp³-hybridized carbons (Fsp3) is 0.364. The first-order valence-electron chi connectivity index (χ1n) is 9.82. The summed E-state index contributed by atoms with van der Waals surface area (Å²) in [4.78, 5) is 11.0. The minimum absolute atomic E-state index is 0.553. The summed E-state index contributed by atoms with van der Waals surface area (Å²) >= 11 is 0. The number of fused-ring (bicyclic) bond motifs is 2. The summed E-state index contributed by atoms with van der Waals surface area (Å²) in [7, 11) is 2.20. The second kappa shape index (κ2) is 6.95. The van der Waals surface area contributed by atoms with Crippen LogP contribution in [0.1, 0.15) is 5.56 Å². The van der Waals surface area contributed by atoms with Gasteiger partial charge in [0.25, 0.3) is 0 Å². The number of benzene rings is 1. The van der Waals surface area contributed by atoms with Gasteiger partial charge in [-0.25, -0.2) is 9.97 Å². The summed E-state index contributed by atoms with van der Waals surface area (Å²) in [6.07, 6.45) is 3.56. The highest BCUT2D eigenvalue weighted by Crippen LogP contribution is 2.51. The third-order valence-electron chi connectivity index (χ3n) is 6.10. The first kappa shape index (κ1) is 17.3. The van der Waals surface area contributed by atoms with E-state index in [1.165, 1.54) is 13.1 Å². The van der Waals surface area contributed by atoms with Crippen molar-refractivity contribution in [3.8, 4) is 5.88 Å². The number of ether oxygens (including phenoxy) is 1. The van der Waals surface area contributed by atoms with Gasteiger partial charge in [-0.1, -0.05) is 12.1 Å². The Bertz CT molecular complexity index is 995. The van der Waals surface area contributed by atoms with E-state index in [2.05, 4.69) is 33.3 Å². The summed E-state index contributed by atoms with van der Waals surface area (Å²) in [5.41, 5.74) is 8.17. The van der Waals surface area contributed by atoms with Crippen molar-refractivity contribution in [3.63, 3.8) is 0 Å². The van der Waals surface area contributed by atoms with Gasteiger partial charge in [-0.3, -0.25) is 0 Å². The Morgan fingerprint density at radius 2 is 1.93 bits per heavy atom. The quantitative estimate of drug-likeness (QED) is 0.690. The van der Waals surface area contributed by atoms with Gasteiger partial charge in [0.15, 0.2) is 0 Å². The molecular formula is C22H25N5O. The molecule has 1 aliphatic carbocycles. The van der Waals surface area contributed by atoms with Crippen LogP contribution in [0.5, 0.6) is 5.88 Å². The monoisotopic (exact) mass is 375 g/mol. The maximum atomic E-state index is 6.00. The van der Waals surface area contributed by atoms with Gasteiger partial charge < -0.3 is 20.7 Å². The van der Waals surface area contributed by atoms with Crippen LogP contribution in [-0.2, 0) is 6.54 Å². The first-order valence-corrected chi connectivity index (χ1v) is 9.82. The fourth-order valence-electron chi connectivity index (χ4n) is 4.51. The summed E-state index contributed by atoms with van der Waals surface area (Å²) in [6, 6.07) is 12.1. The Balaban J connectivity index is 1.22. The maximum Gasteiger partial charge on any atom is 0.213 e. The van der Waals surface area contributed by atoms with Gasteiger partial charge in [-0.05, 0) is 42.6 Å². The third kappa shape index (κ3) is 3.24. The number of nitrogens with one attached hydrogen (secondary N) is 1. The van der Waals surface area contributed by atoms with Gasteiger partial charge in [0.1, 0.15) is 5.82 Å². The topological polar surface area (TPSA) is 76.3 Å². The molecule has 6 nitrogen and oxygen atoms in total. The van der Waals surface area contributed by atoms with E-state index in [1.54, 1.807) is 6.20 Å². The van der Waals surface area contributed by atoms with E-state index in [-0.39, 0.29) is 0 Å². The molecule has 1 unspecified atom stereocenters. The Hall–Kier alpha value is -2.86. The van der Waals surface area contributed by atoms with Crippen LogP contribution in [0.15, 0.2) is 48.8 Å². The third-order valence-corrected chi connectivity index (χ3v) is 6.10. The minimum Gasteiger partial charge on any atom is -0.477 e. The van der Waals surface area contributed by atoms with Crippen molar-refractivity contribution in [1.29, 1.82) is 0 Å². The van der Waals surface area contributed by atoms with Crippen LogP contribution in [0.2, 0.25) is 0 Å². The Labute approximate surface area is 164 Å². The van der Waals surface area contributed by atoms with Gasteiger partial charge in [-0.2, -0.15) is 0 Å². The zero-order chi connectivity index (χ0) is 19.1. The number of hydrogen-bond donors (Lipinski definition) is 2. The SMILES string of the molecule is CN1C[C@@H]2C(COc3cc(CNc4cccc5c(N)nccc45)ccn3)[C@@H]2C1. The standard InChI is InChI=1S/C22H25N5O/c1-27-11-17-18(12-27)19(17)13-28-21-9-14(5-7-24-21)10-26-20-4-2-3-16-15(20)6-8-25-22(16)23/h2-9,17-19,26H,10-13H2,1H3,(H2,23,25)/t17-,18+,19?. The van der Waals surface area contributed by atoms with E-state index in [9.17, 15) is 0 Å². The van der Waals surface area contributed by atoms with Crippen molar-refractivity contribution in [1.82, 2.24) is 14.9 Å². The van der Waals surface area contributed by atoms with Crippen molar-refractivity contribution in [2.24, 2.45) is 17.8 Å². The van der Waals surface area contributed by atoms with E-state index in [4.69, 9.17) is 10.5 Å². The molecule has 5 rings (SSSR count). The molecule has 3 heterocycles. The lowest BCUT2D eigenvalue weighted by Crippen LogP contribution is -2.21. The normalized spacial score (nSPS) is 23.5. The van der Waals surface area contributed by atoms with E-state index in [1.807, 2.05) is 36.5 Å². The van der Waals surface area contributed by atoms with E-state index in [0.29, 0.717) is 24.2 Å². The smallest absolute Gasteiger partial charge is 0.213 e. The summed E-state index contributed by atoms with van der Waals surface area (Å²) < 4.78 is 6.00. The van der Waals surface area contributed by atoms with Gasteiger partial charge in [-0.15, -0.1) is 0 Å². The van der Waals surface area contributed by atoms with Crippen molar-refractivity contribution in [2.45, 2.75) is 6.54 Å². The number of pyridine rings is 2. The molecule has 0 spiro atoms. The van der Waals surface area contributed by atoms with Gasteiger partial charge in [0.05, 0.1) is 6.61 Å². The van der Waals surface area contributed by atoms with E-state index < -0.39 is 0 Å². The van der Waals surface area contributed by atoms with Crippen LogP contribution in [0.4, 0.5) is 11.5 Å². The van der Waals surface area contributed by atoms with Crippen LogP contribution in [0.3, 0.4) is 0 Å². The van der Waals surface area contributed by atoms with Crippen LogP contribution in [0.25, 0.3) is 10.8 Å². The minimum atomic E-state index is 0.553. The summed E-state index contributed by atoms with van der Waals surface area (Å²) in [6.45, 7) is 3.89. The van der Waals surface area contributed by atoms with Crippen molar-refractivity contribution >= 4 is 22.3 Å². The second-order valence-corrected chi connectivity index (χ2v) is 7.98. The molecule has 1 saturated heterocycles. The Kier molecular flexibility index (Phi) is 4.28. The number of nitrogens with two attached hydrogens (primary N) is 1. The average molecular weight is 375 g/mol. The molecule has 3 N–H and O–H groups in total. The first-order chi connectivity index (χ1) is 13.7. The molecule has 1 saturated carbocycles. The number of hydrogen-bond acceptors (Lipinski definition) is 6. The molecule has 0 radical (unpaired) electrons. The molecule has 28 heavy (non-hydrogen) atoms. The average Bonchev–Trinajstić information content (AvgIpc) is 3.18. The van der Waals surface area contributed by atoms with E-state index in [0.717, 1.165) is 40.5 Å². The molecule has 2 aliphatic rings. The van der Waals surface area contributed by atoms with Crippen LogP contribution < -0.4 is 15.8 Å². The molecule has 2 fully saturated rings. The predicted molar refractivity (Wildman–Crippen MR) is 111 cm³/mol. The predicted octanol–water partition coefficient (Wildman–Crippen LogP) is 3.01. The van der Waals surface area contributed by atoms with Gasteiger partial charge >= 0.3 is 0 Å². The van der Waals surface area contributed by atoms with Crippen LogP contribution in [0, 0.1) is 17.8 Å². The molecule has 0 bridgehead atoms. The number of nitrogens with zero attached hydrogens (tertiary/aromatic N) is 3. The van der Waals surface area contributed by atoms with Crippen molar-refractivity contribution in [3.05, 3.63) is 54.4 Å². The largest absolute Gasteiger partial charge is 0.477 e. The number of aromatic nitrogens is 2. The van der Waals surface area contributed by atoms with Crippen LogP contribution >= 0.6 is 0 Å². The fourth-order valence-corrected chi connectivity index (χ4v) is 4.51.